The fourth-order valence-electron chi connectivity index (χ4n) is 4.25. The van der Waals surface area contributed by atoms with E-state index in [1.54, 1.807) is 18.2 Å². The van der Waals surface area contributed by atoms with Gasteiger partial charge in [-0.25, -0.2) is 4.39 Å². The number of halogens is 1. The topological polar surface area (TPSA) is 79.3 Å². The van der Waals surface area contributed by atoms with E-state index in [1.807, 2.05) is 0 Å². The minimum Gasteiger partial charge on any atom is -0.507 e. The lowest BCUT2D eigenvalue weighted by Crippen LogP contribution is -2.33. The number of likely N-dealkylation sites (tertiary alicyclic amines) is 1. The zero-order valence-corrected chi connectivity index (χ0v) is 20.0. The van der Waals surface area contributed by atoms with Gasteiger partial charge in [-0.1, -0.05) is 13.8 Å². The van der Waals surface area contributed by atoms with E-state index >= 15 is 0 Å². The molecule has 182 valence electrons. The Morgan fingerprint density at radius 1 is 1.06 bits per heavy atom. The predicted molar refractivity (Wildman–Crippen MR) is 127 cm³/mol. The van der Waals surface area contributed by atoms with Gasteiger partial charge in [-0.05, 0) is 68.5 Å². The molecule has 0 aliphatic carbocycles. The van der Waals surface area contributed by atoms with Crippen molar-refractivity contribution in [3.63, 3.8) is 0 Å². The van der Waals surface area contributed by atoms with Gasteiger partial charge in [0.2, 0.25) is 0 Å². The van der Waals surface area contributed by atoms with Crippen molar-refractivity contribution in [1.82, 2.24) is 9.80 Å². The SMILES string of the molecule is CCN(CC)CCCN1C(=O)C(=O)C(=C(O)c2ccc(F)cc2)C1c1cc(OC)ccc1OC. The summed E-state index contributed by atoms with van der Waals surface area (Å²) in [4.78, 5) is 30.0. The van der Waals surface area contributed by atoms with E-state index in [-0.39, 0.29) is 16.9 Å². The first-order chi connectivity index (χ1) is 16.4. The van der Waals surface area contributed by atoms with Crippen molar-refractivity contribution in [1.29, 1.82) is 0 Å². The van der Waals surface area contributed by atoms with Gasteiger partial charge in [0.05, 0.1) is 25.8 Å². The number of ether oxygens (including phenoxy) is 2. The summed E-state index contributed by atoms with van der Waals surface area (Å²) >= 11 is 0. The number of benzene rings is 2. The Morgan fingerprint density at radius 2 is 1.74 bits per heavy atom. The molecule has 0 aromatic heterocycles. The van der Waals surface area contributed by atoms with Crippen LogP contribution in [-0.2, 0) is 9.59 Å². The van der Waals surface area contributed by atoms with Crippen LogP contribution in [-0.4, -0.2) is 67.0 Å². The molecule has 3 rings (SSSR count). The molecular formula is C26H31FN2O5. The summed E-state index contributed by atoms with van der Waals surface area (Å²) in [5.74, 6) is -1.35. The molecule has 1 fully saturated rings. The van der Waals surface area contributed by atoms with Crippen LogP contribution in [0.1, 0.15) is 37.4 Å². The number of hydrogen-bond donors (Lipinski definition) is 1. The molecule has 2 aromatic carbocycles. The smallest absolute Gasteiger partial charge is 0.295 e. The van der Waals surface area contributed by atoms with Crippen LogP contribution in [0.3, 0.4) is 0 Å². The van der Waals surface area contributed by atoms with Crippen molar-refractivity contribution < 1.29 is 28.6 Å². The molecule has 1 aliphatic heterocycles. The van der Waals surface area contributed by atoms with Crippen molar-refractivity contribution in [2.75, 3.05) is 40.4 Å². The third-order valence-electron chi connectivity index (χ3n) is 6.16. The summed E-state index contributed by atoms with van der Waals surface area (Å²) in [7, 11) is 3.02. The Hall–Kier alpha value is -3.39. The van der Waals surface area contributed by atoms with Gasteiger partial charge in [-0.15, -0.1) is 0 Å². The normalized spacial score (nSPS) is 17.5. The molecule has 0 saturated carbocycles. The minimum atomic E-state index is -0.883. The molecule has 34 heavy (non-hydrogen) atoms. The number of methoxy groups -OCH3 is 2. The van der Waals surface area contributed by atoms with E-state index in [4.69, 9.17) is 9.47 Å². The van der Waals surface area contributed by atoms with Crippen molar-refractivity contribution >= 4 is 17.4 Å². The monoisotopic (exact) mass is 470 g/mol. The van der Waals surface area contributed by atoms with E-state index in [0.29, 0.717) is 30.0 Å². The van der Waals surface area contributed by atoms with Crippen molar-refractivity contribution in [3.05, 3.63) is 65.0 Å². The van der Waals surface area contributed by atoms with Gasteiger partial charge < -0.3 is 24.4 Å². The molecule has 1 aliphatic rings. The highest BCUT2D eigenvalue weighted by Gasteiger charge is 2.47. The molecule has 0 radical (unpaired) electrons. The van der Waals surface area contributed by atoms with Crippen LogP contribution in [0.15, 0.2) is 48.0 Å². The Kier molecular flexibility index (Phi) is 8.28. The van der Waals surface area contributed by atoms with Crippen LogP contribution in [0, 0.1) is 5.82 Å². The number of aliphatic hydroxyl groups excluding tert-OH is 1. The lowest BCUT2D eigenvalue weighted by molar-refractivity contribution is -0.140. The number of carbonyl (C=O) groups is 2. The van der Waals surface area contributed by atoms with Gasteiger partial charge >= 0.3 is 0 Å². The Bertz CT molecular complexity index is 1060. The van der Waals surface area contributed by atoms with Crippen LogP contribution < -0.4 is 9.47 Å². The zero-order chi connectivity index (χ0) is 24.8. The van der Waals surface area contributed by atoms with Crippen LogP contribution in [0.25, 0.3) is 5.76 Å². The first-order valence-electron chi connectivity index (χ1n) is 11.3. The maximum atomic E-state index is 13.5. The van der Waals surface area contributed by atoms with Gasteiger partial charge in [-0.2, -0.15) is 0 Å². The molecule has 1 amide bonds. The number of nitrogens with zero attached hydrogens (tertiary/aromatic N) is 2. The second kappa shape index (κ2) is 11.2. The summed E-state index contributed by atoms with van der Waals surface area (Å²) < 4.78 is 24.4. The number of Topliss-reactive ketones (excluding diaryl/α,β-unsaturated/α-hetero) is 1. The molecule has 8 heteroatoms. The van der Waals surface area contributed by atoms with Crippen molar-refractivity contribution in [2.24, 2.45) is 0 Å². The van der Waals surface area contributed by atoms with E-state index in [9.17, 15) is 19.1 Å². The predicted octanol–water partition coefficient (Wildman–Crippen LogP) is 4.00. The fourth-order valence-corrected chi connectivity index (χ4v) is 4.25. The summed E-state index contributed by atoms with van der Waals surface area (Å²) in [6.45, 7) is 6.97. The quantitative estimate of drug-likeness (QED) is 0.321. The molecule has 1 atom stereocenters. The number of rotatable bonds is 10. The van der Waals surface area contributed by atoms with Gasteiger partial charge in [0.1, 0.15) is 23.1 Å². The average Bonchev–Trinajstić information content (AvgIpc) is 3.11. The molecule has 7 nitrogen and oxygen atoms in total. The number of carbonyl (C=O) groups excluding carboxylic acids is 2. The average molecular weight is 471 g/mol. The number of amides is 1. The summed E-state index contributed by atoms with van der Waals surface area (Å²) in [5, 5.41) is 11.1. The Labute approximate surface area is 199 Å². The van der Waals surface area contributed by atoms with Gasteiger partial charge in [0, 0.05) is 17.7 Å². The van der Waals surface area contributed by atoms with Crippen molar-refractivity contribution in [2.45, 2.75) is 26.3 Å². The van der Waals surface area contributed by atoms with Crippen molar-refractivity contribution in [3.8, 4) is 11.5 Å². The lowest BCUT2D eigenvalue weighted by Gasteiger charge is -2.28. The third-order valence-corrected chi connectivity index (χ3v) is 6.16. The second-order valence-corrected chi connectivity index (χ2v) is 7.99. The van der Waals surface area contributed by atoms with E-state index in [1.165, 1.54) is 43.4 Å². The highest BCUT2D eigenvalue weighted by Crippen LogP contribution is 2.43. The molecule has 1 N–H and O–H groups in total. The van der Waals surface area contributed by atoms with Gasteiger partial charge in [0.25, 0.3) is 11.7 Å². The van der Waals surface area contributed by atoms with E-state index in [0.717, 1.165) is 19.6 Å². The van der Waals surface area contributed by atoms with Gasteiger partial charge in [0.15, 0.2) is 0 Å². The lowest BCUT2D eigenvalue weighted by atomic mass is 9.94. The molecule has 0 bridgehead atoms. The first-order valence-corrected chi connectivity index (χ1v) is 11.3. The fraction of sp³-hybridized carbons (Fsp3) is 0.385. The maximum Gasteiger partial charge on any atom is 0.295 e. The number of hydrogen-bond acceptors (Lipinski definition) is 6. The molecule has 1 unspecified atom stereocenters. The molecule has 2 aromatic rings. The highest BCUT2D eigenvalue weighted by molar-refractivity contribution is 6.46. The Balaban J connectivity index is 2.13. The largest absolute Gasteiger partial charge is 0.507 e. The summed E-state index contributed by atoms with van der Waals surface area (Å²) in [6, 6.07) is 9.36. The maximum absolute atomic E-state index is 13.5. The highest BCUT2D eigenvalue weighted by atomic mass is 19.1. The molecular weight excluding hydrogens is 439 g/mol. The van der Waals surface area contributed by atoms with Crippen LogP contribution in [0.4, 0.5) is 4.39 Å². The zero-order valence-electron chi connectivity index (χ0n) is 20.0. The van der Waals surface area contributed by atoms with E-state index < -0.39 is 23.5 Å². The minimum absolute atomic E-state index is 0.0639. The molecule has 1 heterocycles. The van der Waals surface area contributed by atoms with Gasteiger partial charge in [-0.3, -0.25) is 9.59 Å². The molecule has 1 saturated heterocycles. The van der Waals surface area contributed by atoms with Crippen LogP contribution in [0.2, 0.25) is 0 Å². The summed E-state index contributed by atoms with van der Waals surface area (Å²) in [6.07, 6.45) is 0.647. The van der Waals surface area contributed by atoms with E-state index in [2.05, 4.69) is 18.7 Å². The number of ketones is 1. The first kappa shape index (κ1) is 25.2. The molecule has 0 spiro atoms. The van der Waals surface area contributed by atoms with Crippen LogP contribution >= 0.6 is 0 Å². The Morgan fingerprint density at radius 3 is 2.32 bits per heavy atom. The summed E-state index contributed by atoms with van der Waals surface area (Å²) in [5.41, 5.74) is 0.702. The standard InChI is InChI=1S/C26H31FN2O5/c1-5-28(6-2)14-7-15-29-23(20-16-19(33-3)12-13-21(20)34-4)22(25(31)26(29)32)24(30)17-8-10-18(27)11-9-17/h8-13,16,23,30H,5-7,14-15H2,1-4H3. The number of aliphatic hydroxyl groups is 1. The third kappa shape index (κ3) is 5.07. The second-order valence-electron chi connectivity index (χ2n) is 7.99. The van der Waals surface area contributed by atoms with Crippen LogP contribution in [0.5, 0.6) is 11.5 Å².